The summed E-state index contributed by atoms with van der Waals surface area (Å²) in [4.78, 5) is 5.24. The van der Waals surface area contributed by atoms with Crippen LogP contribution in [0, 0.1) is 20.8 Å². The van der Waals surface area contributed by atoms with E-state index in [0.29, 0.717) is 6.04 Å². The zero-order chi connectivity index (χ0) is 13.4. The predicted octanol–water partition coefficient (Wildman–Crippen LogP) is 1.71. The Morgan fingerprint density at radius 1 is 1.05 bits per heavy atom. The lowest BCUT2D eigenvalue weighted by atomic mass is 10.0. The number of piperazine rings is 2. The molecule has 1 N–H and O–H groups in total. The van der Waals surface area contributed by atoms with Crippen LogP contribution in [-0.4, -0.2) is 50.2 Å². The molecule has 3 rings (SSSR count). The van der Waals surface area contributed by atoms with E-state index in [1.807, 2.05) is 0 Å². The molecule has 19 heavy (non-hydrogen) atoms. The van der Waals surface area contributed by atoms with Crippen LogP contribution in [0.1, 0.15) is 16.7 Å². The number of hydrogen-bond acceptors (Lipinski definition) is 3. The molecule has 0 aliphatic carbocycles. The minimum atomic E-state index is 0.683. The first kappa shape index (κ1) is 12.9. The fourth-order valence-corrected chi connectivity index (χ4v) is 3.75. The topological polar surface area (TPSA) is 18.5 Å². The molecule has 104 valence electrons. The van der Waals surface area contributed by atoms with E-state index in [0.717, 1.165) is 19.6 Å². The van der Waals surface area contributed by atoms with Gasteiger partial charge < -0.3 is 10.2 Å². The van der Waals surface area contributed by atoms with E-state index in [-0.39, 0.29) is 0 Å². The first-order chi connectivity index (χ1) is 9.15. The molecule has 2 fully saturated rings. The Labute approximate surface area is 116 Å². The van der Waals surface area contributed by atoms with Crippen molar-refractivity contribution in [1.29, 1.82) is 0 Å². The van der Waals surface area contributed by atoms with Crippen LogP contribution in [0.2, 0.25) is 0 Å². The summed E-state index contributed by atoms with van der Waals surface area (Å²) in [6.07, 6.45) is 0. The highest BCUT2D eigenvalue weighted by Crippen LogP contribution is 2.28. The third kappa shape index (κ3) is 2.49. The van der Waals surface area contributed by atoms with E-state index in [4.69, 9.17) is 0 Å². The highest BCUT2D eigenvalue weighted by molar-refractivity contribution is 5.60. The fourth-order valence-electron chi connectivity index (χ4n) is 3.75. The third-order valence-corrected chi connectivity index (χ3v) is 4.51. The largest absolute Gasteiger partial charge is 0.368 e. The molecule has 0 spiro atoms. The van der Waals surface area contributed by atoms with E-state index < -0.39 is 0 Å². The van der Waals surface area contributed by atoms with Crippen molar-refractivity contribution in [1.82, 2.24) is 10.2 Å². The Morgan fingerprint density at radius 2 is 1.79 bits per heavy atom. The van der Waals surface area contributed by atoms with Gasteiger partial charge in [0.2, 0.25) is 0 Å². The highest BCUT2D eigenvalue weighted by atomic mass is 15.3. The van der Waals surface area contributed by atoms with Crippen LogP contribution < -0.4 is 10.2 Å². The molecule has 2 heterocycles. The second kappa shape index (κ2) is 5.14. The van der Waals surface area contributed by atoms with Gasteiger partial charge in [-0.05, 0) is 31.9 Å². The highest BCUT2D eigenvalue weighted by Gasteiger charge is 2.29. The molecule has 3 nitrogen and oxygen atoms in total. The summed E-state index contributed by atoms with van der Waals surface area (Å²) >= 11 is 0. The number of aryl methyl sites for hydroxylation is 3. The Kier molecular flexibility index (Phi) is 3.50. The lowest BCUT2D eigenvalue weighted by molar-refractivity contribution is 0.146. The van der Waals surface area contributed by atoms with Gasteiger partial charge in [0.15, 0.2) is 0 Å². The molecule has 2 aliphatic heterocycles. The Morgan fingerprint density at radius 3 is 2.53 bits per heavy atom. The Hall–Kier alpha value is -1.06. The Bertz CT molecular complexity index is 446. The van der Waals surface area contributed by atoms with Crippen LogP contribution in [0.5, 0.6) is 0 Å². The molecular formula is C16H25N3. The van der Waals surface area contributed by atoms with Gasteiger partial charge in [-0.1, -0.05) is 17.7 Å². The van der Waals surface area contributed by atoms with Gasteiger partial charge in [-0.3, -0.25) is 4.90 Å². The summed E-state index contributed by atoms with van der Waals surface area (Å²) < 4.78 is 0. The van der Waals surface area contributed by atoms with E-state index >= 15 is 0 Å². The predicted molar refractivity (Wildman–Crippen MR) is 81.1 cm³/mol. The summed E-state index contributed by atoms with van der Waals surface area (Å²) in [6, 6.07) is 5.31. The molecular weight excluding hydrogens is 234 g/mol. The molecule has 1 aromatic carbocycles. The van der Waals surface area contributed by atoms with Crippen molar-refractivity contribution < 1.29 is 0 Å². The van der Waals surface area contributed by atoms with Crippen molar-refractivity contribution in [2.45, 2.75) is 26.8 Å². The van der Waals surface area contributed by atoms with Gasteiger partial charge in [-0.15, -0.1) is 0 Å². The van der Waals surface area contributed by atoms with Crippen LogP contribution >= 0.6 is 0 Å². The first-order valence-electron chi connectivity index (χ1n) is 7.43. The lowest BCUT2D eigenvalue weighted by Crippen LogP contribution is -2.61. The van der Waals surface area contributed by atoms with Crippen molar-refractivity contribution in [2.24, 2.45) is 0 Å². The molecule has 0 saturated carbocycles. The molecule has 0 bridgehead atoms. The molecule has 1 aromatic rings. The number of anilines is 1. The van der Waals surface area contributed by atoms with E-state index in [2.05, 4.69) is 48.0 Å². The van der Waals surface area contributed by atoms with Gasteiger partial charge in [0.1, 0.15) is 0 Å². The maximum Gasteiger partial charge on any atom is 0.0426 e. The van der Waals surface area contributed by atoms with Gasteiger partial charge in [-0.2, -0.15) is 0 Å². The van der Waals surface area contributed by atoms with E-state index in [9.17, 15) is 0 Å². The molecule has 3 heteroatoms. The third-order valence-electron chi connectivity index (χ3n) is 4.51. The van der Waals surface area contributed by atoms with Crippen molar-refractivity contribution in [3.8, 4) is 0 Å². The number of fused-ring (bicyclic) bond motifs is 1. The quantitative estimate of drug-likeness (QED) is 0.828. The molecule has 0 radical (unpaired) electrons. The maximum atomic E-state index is 3.53. The summed E-state index contributed by atoms with van der Waals surface area (Å²) in [5.41, 5.74) is 5.69. The smallest absolute Gasteiger partial charge is 0.0426 e. The van der Waals surface area contributed by atoms with Gasteiger partial charge in [0, 0.05) is 51.0 Å². The van der Waals surface area contributed by atoms with Crippen molar-refractivity contribution in [3.05, 3.63) is 28.8 Å². The van der Waals surface area contributed by atoms with Crippen LogP contribution in [0.15, 0.2) is 12.1 Å². The number of hydrogen-bond donors (Lipinski definition) is 1. The normalized spacial score (nSPS) is 24.4. The molecule has 2 saturated heterocycles. The Balaban J connectivity index is 1.83. The zero-order valence-electron chi connectivity index (χ0n) is 12.4. The van der Waals surface area contributed by atoms with Crippen LogP contribution in [0.4, 0.5) is 5.69 Å². The monoisotopic (exact) mass is 259 g/mol. The lowest BCUT2D eigenvalue weighted by Gasteiger charge is -2.45. The van der Waals surface area contributed by atoms with E-state index in [1.54, 1.807) is 0 Å². The van der Waals surface area contributed by atoms with Gasteiger partial charge in [0.05, 0.1) is 0 Å². The SMILES string of the molecule is Cc1cc(C)c(N2CCN3CCNCC3C2)c(C)c1. The number of nitrogens with one attached hydrogen (secondary N) is 1. The maximum absolute atomic E-state index is 3.53. The molecule has 0 amide bonds. The zero-order valence-corrected chi connectivity index (χ0v) is 12.4. The van der Waals surface area contributed by atoms with Crippen LogP contribution in [0.25, 0.3) is 0 Å². The van der Waals surface area contributed by atoms with Crippen LogP contribution in [0.3, 0.4) is 0 Å². The number of nitrogens with zero attached hydrogens (tertiary/aromatic N) is 2. The standard InChI is InChI=1S/C16H25N3/c1-12-8-13(2)16(14(3)9-12)19-7-6-18-5-4-17-10-15(18)11-19/h8-9,15,17H,4-7,10-11H2,1-3H3. The minimum absolute atomic E-state index is 0.683. The first-order valence-corrected chi connectivity index (χ1v) is 7.43. The average Bonchev–Trinajstić information content (AvgIpc) is 2.37. The van der Waals surface area contributed by atoms with Gasteiger partial charge in [0.25, 0.3) is 0 Å². The molecule has 1 unspecified atom stereocenters. The second-order valence-electron chi connectivity index (χ2n) is 6.09. The number of rotatable bonds is 1. The summed E-state index contributed by atoms with van der Waals surface area (Å²) in [5, 5.41) is 3.53. The van der Waals surface area contributed by atoms with Crippen molar-refractivity contribution in [3.63, 3.8) is 0 Å². The van der Waals surface area contributed by atoms with Gasteiger partial charge >= 0.3 is 0 Å². The van der Waals surface area contributed by atoms with Crippen LogP contribution in [-0.2, 0) is 0 Å². The summed E-state index contributed by atoms with van der Waals surface area (Å²) in [7, 11) is 0. The van der Waals surface area contributed by atoms with Gasteiger partial charge in [-0.25, -0.2) is 0 Å². The number of benzene rings is 1. The fraction of sp³-hybridized carbons (Fsp3) is 0.625. The average molecular weight is 259 g/mol. The molecule has 1 atom stereocenters. The molecule has 0 aromatic heterocycles. The second-order valence-corrected chi connectivity index (χ2v) is 6.09. The van der Waals surface area contributed by atoms with Crippen molar-refractivity contribution in [2.75, 3.05) is 44.2 Å². The summed E-state index contributed by atoms with van der Waals surface area (Å²) in [5.74, 6) is 0. The minimum Gasteiger partial charge on any atom is -0.368 e. The van der Waals surface area contributed by atoms with E-state index in [1.165, 1.54) is 42.0 Å². The van der Waals surface area contributed by atoms with Crippen molar-refractivity contribution >= 4 is 5.69 Å². The summed E-state index contributed by atoms with van der Waals surface area (Å²) in [6.45, 7) is 13.7. The molecule has 2 aliphatic rings.